The number of anilines is 1. The monoisotopic (exact) mass is 349 g/mol. The number of aromatic nitrogens is 3. The van der Waals surface area contributed by atoms with Crippen molar-refractivity contribution in [3.63, 3.8) is 0 Å². The molecule has 0 bridgehead atoms. The van der Waals surface area contributed by atoms with Crippen LogP contribution in [0.1, 0.15) is 25.2 Å². The van der Waals surface area contributed by atoms with E-state index < -0.39 is 0 Å². The minimum atomic E-state index is 0.491. The van der Waals surface area contributed by atoms with Crippen LogP contribution in [0, 0.1) is 0 Å². The van der Waals surface area contributed by atoms with Crippen LogP contribution in [0.5, 0.6) is 0 Å². The molecule has 2 heterocycles. The second kappa shape index (κ2) is 6.15. The van der Waals surface area contributed by atoms with E-state index in [-0.39, 0.29) is 0 Å². The first-order valence-corrected chi connectivity index (χ1v) is 8.06. The Morgan fingerprint density at radius 1 is 1.33 bits per heavy atom. The highest BCUT2D eigenvalue weighted by Crippen LogP contribution is 2.26. The number of nitrogens with zero attached hydrogens (tertiary/aromatic N) is 4. The van der Waals surface area contributed by atoms with Crippen LogP contribution in [-0.4, -0.2) is 27.4 Å². The molecule has 1 N–H and O–H groups in total. The lowest BCUT2D eigenvalue weighted by atomic mass is 10.1. The van der Waals surface area contributed by atoms with E-state index in [1.807, 2.05) is 6.33 Å². The molecule has 0 saturated heterocycles. The standard InChI is InChI=1S/C15H20BrN5/c1-11(2)17-8-12-3-4-13(7-14(12)16)20-5-6-21-10-18-19-15(21)9-20/h3-4,7,10-11,17H,5-6,8-9H2,1-2H3. The lowest BCUT2D eigenvalue weighted by Gasteiger charge is -2.29. The highest BCUT2D eigenvalue weighted by atomic mass is 79.9. The molecule has 3 rings (SSSR count). The van der Waals surface area contributed by atoms with Crippen LogP contribution in [0.4, 0.5) is 5.69 Å². The van der Waals surface area contributed by atoms with E-state index in [2.05, 4.69) is 73.0 Å². The maximum atomic E-state index is 4.17. The maximum Gasteiger partial charge on any atom is 0.152 e. The van der Waals surface area contributed by atoms with Gasteiger partial charge >= 0.3 is 0 Å². The molecule has 6 heteroatoms. The summed E-state index contributed by atoms with van der Waals surface area (Å²) in [5.41, 5.74) is 2.51. The van der Waals surface area contributed by atoms with Gasteiger partial charge in [0.05, 0.1) is 6.54 Å². The summed E-state index contributed by atoms with van der Waals surface area (Å²) in [7, 11) is 0. The predicted octanol–water partition coefficient (Wildman–Crippen LogP) is 2.56. The van der Waals surface area contributed by atoms with Gasteiger partial charge in [-0.1, -0.05) is 35.8 Å². The van der Waals surface area contributed by atoms with Crippen molar-refractivity contribution in [3.8, 4) is 0 Å². The van der Waals surface area contributed by atoms with Crippen molar-refractivity contribution in [2.45, 2.75) is 39.5 Å². The third-order valence-electron chi connectivity index (χ3n) is 3.74. The minimum absolute atomic E-state index is 0.491. The predicted molar refractivity (Wildman–Crippen MR) is 87.2 cm³/mol. The number of halogens is 1. The lowest BCUT2D eigenvalue weighted by Crippen LogP contribution is -2.33. The van der Waals surface area contributed by atoms with Crippen LogP contribution >= 0.6 is 15.9 Å². The van der Waals surface area contributed by atoms with Crippen molar-refractivity contribution in [2.24, 2.45) is 0 Å². The number of hydrogen-bond acceptors (Lipinski definition) is 4. The Balaban J connectivity index is 1.73. The molecule has 112 valence electrons. The van der Waals surface area contributed by atoms with Gasteiger partial charge in [-0.05, 0) is 17.7 Å². The van der Waals surface area contributed by atoms with E-state index in [1.165, 1.54) is 11.3 Å². The Kier molecular flexibility index (Phi) is 4.26. The van der Waals surface area contributed by atoms with Crippen molar-refractivity contribution >= 4 is 21.6 Å². The molecule has 0 fully saturated rings. The molecule has 0 amide bonds. The van der Waals surface area contributed by atoms with Crippen molar-refractivity contribution in [1.29, 1.82) is 0 Å². The van der Waals surface area contributed by atoms with Gasteiger partial charge in [0.25, 0.3) is 0 Å². The van der Waals surface area contributed by atoms with E-state index in [0.717, 1.165) is 36.5 Å². The Labute approximate surface area is 133 Å². The van der Waals surface area contributed by atoms with E-state index >= 15 is 0 Å². The van der Waals surface area contributed by atoms with Gasteiger partial charge in [-0.25, -0.2) is 0 Å². The molecule has 21 heavy (non-hydrogen) atoms. The van der Waals surface area contributed by atoms with Gasteiger partial charge < -0.3 is 14.8 Å². The van der Waals surface area contributed by atoms with Gasteiger partial charge in [-0.15, -0.1) is 10.2 Å². The molecule has 1 aliphatic rings. The van der Waals surface area contributed by atoms with Gasteiger partial charge in [0.1, 0.15) is 6.33 Å². The van der Waals surface area contributed by atoms with Crippen molar-refractivity contribution in [2.75, 3.05) is 11.4 Å². The first-order chi connectivity index (χ1) is 10.1. The summed E-state index contributed by atoms with van der Waals surface area (Å²) in [6.07, 6.45) is 1.81. The Hall–Kier alpha value is -1.40. The average molecular weight is 350 g/mol. The lowest BCUT2D eigenvalue weighted by molar-refractivity contribution is 0.559. The second-order valence-corrected chi connectivity index (χ2v) is 6.53. The van der Waals surface area contributed by atoms with Crippen molar-refractivity contribution in [1.82, 2.24) is 20.1 Å². The molecule has 0 saturated carbocycles. The number of rotatable bonds is 4. The zero-order valence-electron chi connectivity index (χ0n) is 12.4. The minimum Gasteiger partial charge on any atom is -0.362 e. The first-order valence-electron chi connectivity index (χ1n) is 7.27. The van der Waals surface area contributed by atoms with Crippen LogP contribution in [0.2, 0.25) is 0 Å². The van der Waals surface area contributed by atoms with Crippen LogP contribution in [0.25, 0.3) is 0 Å². The summed E-state index contributed by atoms with van der Waals surface area (Å²) < 4.78 is 3.27. The highest BCUT2D eigenvalue weighted by molar-refractivity contribution is 9.10. The van der Waals surface area contributed by atoms with Gasteiger partial charge in [-0.3, -0.25) is 0 Å². The highest BCUT2D eigenvalue weighted by Gasteiger charge is 2.18. The van der Waals surface area contributed by atoms with E-state index in [9.17, 15) is 0 Å². The summed E-state index contributed by atoms with van der Waals surface area (Å²) in [6.45, 7) is 7.94. The number of benzene rings is 1. The molecule has 0 radical (unpaired) electrons. The fourth-order valence-electron chi connectivity index (χ4n) is 2.48. The van der Waals surface area contributed by atoms with Crippen molar-refractivity contribution in [3.05, 3.63) is 40.4 Å². The summed E-state index contributed by atoms with van der Waals surface area (Å²) >= 11 is 3.69. The van der Waals surface area contributed by atoms with Crippen LogP contribution in [0.15, 0.2) is 29.0 Å². The SMILES string of the molecule is CC(C)NCc1ccc(N2CCn3cnnc3C2)cc1Br. The number of nitrogens with one attached hydrogen (secondary N) is 1. The molecule has 0 spiro atoms. The van der Waals surface area contributed by atoms with Crippen LogP contribution in [0.3, 0.4) is 0 Å². The summed E-state index contributed by atoms with van der Waals surface area (Å²) in [5.74, 6) is 1.03. The number of hydrogen-bond donors (Lipinski definition) is 1. The normalized spacial score (nSPS) is 14.6. The molecule has 0 unspecified atom stereocenters. The Morgan fingerprint density at radius 3 is 2.95 bits per heavy atom. The topological polar surface area (TPSA) is 46.0 Å². The van der Waals surface area contributed by atoms with E-state index in [1.54, 1.807) is 0 Å². The molecular formula is C15H20BrN5. The van der Waals surface area contributed by atoms with Gasteiger partial charge in [0.15, 0.2) is 5.82 Å². The Morgan fingerprint density at radius 2 is 2.19 bits per heavy atom. The molecule has 1 aliphatic heterocycles. The zero-order chi connectivity index (χ0) is 14.8. The fourth-order valence-corrected chi connectivity index (χ4v) is 2.98. The van der Waals surface area contributed by atoms with Gasteiger partial charge in [-0.2, -0.15) is 0 Å². The van der Waals surface area contributed by atoms with Crippen molar-refractivity contribution < 1.29 is 0 Å². The second-order valence-electron chi connectivity index (χ2n) is 5.67. The van der Waals surface area contributed by atoms with Crippen LogP contribution < -0.4 is 10.2 Å². The summed E-state index contributed by atoms with van der Waals surface area (Å²) in [6, 6.07) is 7.07. The zero-order valence-corrected chi connectivity index (χ0v) is 14.0. The molecule has 5 nitrogen and oxygen atoms in total. The summed E-state index contributed by atoms with van der Waals surface area (Å²) in [5, 5.41) is 11.6. The average Bonchev–Trinajstić information content (AvgIpc) is 2.93. The van der Waals surface area contributed by atoms with E-state index in [0.29, 0.717) is 6.04 Å². The molecule has 0 atom stereocenters. The molecular weight excluding hydrogens is 330 g/mol. The van der Waals surface area contributed by atoms with E-state index in [4.69, 9.17) is 0 Å². The molecule has 1 aromatic carbocycles. The Bertz CT molecular complexity index is 622. The molecule has 0 aliphatic carbocycles. The van der Waals surface area contributed by atoms with Gasteiger partial charge in [0.2, 0.25) is 0 Å². The quantitative estimate of drug-likeness (QED) is 0.921. The summed E-state index contributed by atoms with van der Waals surface area (Å²) in [4.78, 5) is 2.34. The third-order valence-corrected chi connectivity index (χ3v) is 4.48. The molecule has 2 aromatic rings. The number of fused-ring (bicyclic) bond motifs is 1. The molecule has 1 aromatic heterocycles. The fraction of sp³-hybridized carbons (Fsp3) is 0.467. The third kappa shape index (κ3) is 3.27. The van der Waals surface area contributed by atoms with Crippen LogP contribution in [-0.2, 0) is 19.6 Å². The first kappa shape index (κ1) is 14.5. The van der Waals surface area contributed by atoms with Gasteiger partial charge in [0, 0.05) is 35.8 Å². The smallest absolute Gasteiger partial charge is 0.152 e. The largest absolute Gasteiger partial charge is 0.362 e. The maximum absolute atomic E-state index is 4.17.